The van der Waals surface area contributed by atoms with Crippen molar-refractivity contribution in [2.75, 3.05) is 13.1 Å². The molecule has 25 heavy (non-hydrogen) atoms. The molecule has 6 heteroatoms. The minimum atomic E-state index is 0.150. The maximum Gasteiger partial charge on any atom is 0.264 e. The van der Waals surface area contributed by atoms with Crippen LogP contribution in [-0.4, -0.2) is 38.7 Å². The lowest BCUT2D eigenvalue weighted by Gasteiger charge is -2.27. The molecule has 0 N–H and O–H groups in total. The fourth-order valence-corrected chi connectivity index (χ4v) is 3.44. The topological polar surface area (TPSA) is 64.2 Å². The summed E-state index contributed by atoms with van der Waals surface area (Å²) < 4.78 is 7.75. The second-order valence-corrected chi connectivity index (χ2v) is 6.47. The maximum absolute atomic E-state index is 12.8. The first kappa shape index (κ1) is 15.9. The first-order chi connectivity index (χ1) is 12.3. The fraction of sp³-hybridized carbons (Fsp3) is 0.421. The Labute approximate surface area is 146 Å². The van der Waals surface area contributed by atoms with Crippen LogP contribution in [0.15, 0.2) is 34.7 Å². The second-order valence-electron chi connectivity index (χ2n) is 6.47. The zero-order valence-corrected chi connectivity index (χ0v) is 14.4. The molecule has 130 valence electrons. The van der Waals surface area contributed by atoms with Crippen LogP contribution in [0.4, 0.5) is 0 Å². The molecule has 0 atom stereocenters. The number of rotatable bonds is 4. The molecule has 3 aromatic rings. The lowest BCUT2D eigenvalue weighted by Crippen LogP contribution is -2.37. The summed E-state index contributed by atoms with van der Waals surface area (Å²) in [5.41, 5.74) is 1.82. The van der Waals surface area contributed by atoms with Gasteiger partial charge >= 0.3 is 0 Å². The molecule has 0 unspecified atom stereocenters. The number of likely N-dealkylation sites (tertiary alicyclic amines) is 1. The number of para-hydroxylation sites is 1. The van der Waals surface area contributed by atoms with Gasteiger partial charge in [0.05, 0.1) is 0 Å². The lowest BCUT2D eigenvalue weighted by atomic mass is 10.1. The highest BCUT2D eigenvalue weighted by Crippen LogP contribution is 2.28. The average Bonchev–Trinajstić information content (AvgIpc) is 3.27. The first-order valence-corrected chi connectivity index (χ1v) is 8.95. The molecule has 0 aliphatic carbocycles. The molecule has 2 aromatic heterocycles. The number of carbonyl (C=O) groups is 1. The molecule has 3 heterocycles. The molecule has 0 radical (unpaired) electrons. The van der Waals surface area contributed by atoms with Crippen molar-refractivity contribution in [1.29, 1.82) is 0 Å². The Morgan fingerprint density at radius 3 is 2.72 bits per heavy atom. The molecule has 0 spiro atoms. The number of nitrogens with zero attached hydrogens (tertiary/aromatic N) is 4. The van der Waals surface area contributed by atoms with Crippen LogP contribution in [0, 0.1) is 0 Å². The van der Waals surface area contributed by atoms with E-state index in [0.29, 0.717) is 24.7 Å². The van der Waals surface area contributed by atoms with Crippen LogP contribution in [0.2, 0.25) is 0 Å². The van der Waals surface area contributed by atoms with Crippen LogP contribution in [0.3, 0.4) is 0 Å². The third kappa shape index (κ3) is 3.04. The summed E-state index contributed by atoms with van der Waals surface area (Å²) in [6, 6.07) is 10.1. The summed E-state index contributed by atoms with van der Waals surface area (Å²) in [5.74, 6) is 1.23. The summed E-state index contributed by atoms with van der Waals surface area (Å²) in [4.78, 5) is 14.8. The highest BCUT2D eigenvalue weighted by atomic mass is 16.4. The van der Waals surface area contributed by atoms with Crippen molar-refractivity contribution in [3.05, 3.63) is 36.2 Å². The van der Waals surface area contributed by atoms with Crippen LogP contribution in [0.25, 0.3) is 22.5 Å². The highest BCUT2D eigenvalue weighted by Gasteiger charge is 2.21. The number of aryl methyl sites for hydroxylation is 1. The second kappa shape index (κ2) is 6.70. The molecule has 6 nitrogen and oxygen atoms in total. The zero-order chi connectivity index (χ0) is 17.2. The van der Waals surface area contributed by atoms with E-state index in [2.05, 4.69) is 10.2 Å². The molecule has 4 rings (SSSR count). The van der Waals surface area contributed by atoms with Crippen molar-refractivity contribution in [3.8, 4) is 11.6 Å². The number of carbonyl (C=O) groups excluding carboxylic acids is 1. The van der Waals surface area contributed by atoms with Crippen LogP contribution in [-0.2, 0) is 17.8 Å². The van der Waals surface area contributed by atoms with Gasteiger partial charge in [0.1, 0.15) is 12.2 Å². The van der Waals surface area contributed by atoms with Gasteiger partial charge in [0.2, 0.25) is 11.8 Å². The van der Waals surface area contributed by atoms with Crippen molar-refractivity contribution < 1.29 is 9.21 Å². The number of aromatic nitrogens is 3. The zero-order valence-electron chi connectivity index (χ0n) is 14.4. The minimum Gasteiger partial charge on any atom is -0.419 e. The average molecular weight is 338 g/mol. The molecule has 1 aromatic carbocycles. The molecule has 1 amide bonds. The molecular weight excluding hydrogens is 316 g/mol. The highest BCUT2D eigenvalue weighted by molar-refractivity contribution is 5.88. The maximum atomic E-state index is 12.8. The monoisotopic (exact) mass is 338 g/mol. The lowest BCUT2D eigenvalue weighted by molar-refractivity contribution is -0.132. The van der Waals surface area contributed by atoms with Crippen LogP contribution >= 0.6 is 0 Å². The van der Waals surface area contributed by atoms with Crippen molar-refractivity contribution in [1.82, 2.24) is 19.7 Å². The van der Waals surface area contributed by atoms with Gasteiger partial charge in [0.25, 0.3) is 5.89 Å². The Kier molecular flexibility index (Phi) is 4.26. The number of benzene rings is 1. The number of amides is 1. The van der Waals surface area contributed by atoms with Gasteiger partial charge in [-0.1, -0.05) is 25.1 Å². The molecule has 0 bridgehead atoms. The van der Waals surface area contributed by atoms with E-state index < -0.39 is 0 Å². The van der Waals surface area contributed by atoms with Crippen molar-refractivity contribution in [2.24, 2.45) is 0 Å². The molecule has 0 saturated carbocycles. The van der Waals surface area contributed by atoms with E-state index >= 15 is 0 Å². The van der Waals surface area contributed by atoms with Crippen LogP contribution in [0.5, 0.6) is 0 Å². The summed E-state index contributed by atoms with van der Waals surface area (Å²) in [7, 11) is 0. The number of piperidine rings is 1. The SMILES string of the molecule is CCc1nnc(-c2cc3ccccc3n2CC(=O)N2CCCCC2)o1. The Morgan fingerprint density at radius 1 is 1.16 bits per heavy atom. The summed E-state index contributed by atoms with van der Waals surface area (Å²) in [6.07, 6.45) is 4.09. The Hall–Kier alpha value is -2.63. The largest absolute Gasteiger partial charge is 0.419 e. The van der Waals surface area contributed by atoms with Crippen molar-refractivity contribution in [2.45, 2.75) is 39.2 Å². The standard InChI is InChI=1S/C19H22N4O2/c1-2-17-20-21-19(25-17)16-12-14-8-4-5-9-15(14)23(16)13-18(24)22-10-6-3-7-11-22/h4-5,8-9,12H,2-3,6-7,10-11,13H2,1H3. The predicted molar refractivity (Wildman–Crippen MR) is 95.0 cm³/mol. The number of hydrogen-bond donors (Lipinski definition) is 0. The van der Waals surface area contributed by atoms with E-state index in [0.717, 1.165) is 42.5 Å². The fourth-order valence-electron chi connectivity index (χ4n) is 3.44. The first-order valence-electron chi connectivity index (χ1n) is 8.95. The van der Waals surface area contributed by atoms with E-state index in [1.54, 1.807) is 0 Å². The molecule has 1 aliphatic rings. The van der Waals surface area contributed by atoms with Crippen LogP contribution < -0.4 is 0 Å². The van der Waals surface area contributed by atoms with Gasteiger partial charge in [-0.25, -0.2) is 0 Å². The van der Waals surface area contributed by atoms with Gasteiger partial charge in [0, 0.05) is 30.4 Å². The Morgan fingerprint density at radius 2 is 1.96 bits per heavy atom. The number of hydrogen-bond acceptors (Lipinski definition) is 4. The van der Waals surface area contributed by atoms with Gasteiger partial charge < -0.3 is 13.9 Å². The van der Waals surface area contributed by atoms with E-state index in [-0.39, 0.29) is 5.91 Å². The molecule has 1 fully saturated rings. The predicted octanol–water partition coefficient (Wildman–Crippen LogP) is 3.27. The van der Waals surface area contributed by atoms with Crippen LogP contribution in [0.1, 0.15) is 32.1 Å². The van der Waals surface area contributed by atoms with Gasteiger partial charge in [0.15, 0.2) is 0 Å². The number of fused-ring (bicyclic) bond motifs is 1. The quantitative estimate of drug-likeness (QED) is 0.732. The van der Waals surface area contributed by atoms with Gasteiger partial charge in [-0.3, -0.25) is 4.79 Å². The summed E-state index contributed by atoms with van der Waals surface area (Å²) in [5, 5.41) is 9.31. The summed E-state index contributed by atoms with van der Waals surface area (Å²) in [6.45, 7) is 3.99. The van der Waals surface area contributed by atoms with E-state index in [1.807, 2.05) is 46.7 Å². The van der Waals surface area contributed by atoms with Gasteiger partial charge in [-0.2, -0.15) is 0 Å². The van der Waals surface area contributed by atoms with Gasteiger partial charge in [-0.05, 0) is 31.4 Å². The van der Waals surface area contributed by atoms with Crippen molar-refractivity contribution in [3.63, 3.8) is 0 Å². The van der Waals surface area contributed by atoms with E-state index in [4.69, 9.17) is 4.42 Å². The third-order valence-corrected chi connectivity index (χ3v) is 4.80. The van der Waals surface area contributed by atoms with Gasteiger partial charge in [-0.15, -0.1) is 10.2 Å². The smallest absolute Gasteiger partial charge is 0.264 e. The Bertz CT molecular complexity index is 890. The molecule has 1 saturated heterocycles. The van der Waals surface area contributed by atoms with E-state index in [1.165, 1.54) is 6.42 Å². The normalized spacial score (nSPS) is 15.0. The minimum absolute atomic E-state index is 0.150. The third-order valence-electron chi connectivity index (χ3n) is 4.80. The molecular formula is C19H22N4O2. The Balaban J connectivity index is 1.72. The summed E-state index contributed by atoms with van der Waals surface area (Å²) >= 11 is 0. The van der Waals surface area contributed by atoms with Crippen molar-refractivity contribution >= 4 is 16.8 Å². The van der Waals surface area contributed by atoms with E-state index in [9.17, 15) is 4.79 Å². The molecule has 1 aliphatic heterocycles.